The van der Waals surface area contributed by atoms with E-state index in [4.69, 9.17) is 5.84 Å². The Labute approximate surface area is 88.6 Å². The van der Waals surface area contributed by atoms with Crippen molar-refractivity contribution < 1.29 is 0 Å². The van der Waals surface area contributed by atoms with Crippen LogP contribution in [0, 0.1) is 5.92 Å². The third kappa shape index (κ3) is 3.97. The summed E-state index contributed by atoms with van der Waals surface area (Å²) >= 11 is 0. The maximum Gasteiger partial charge on any atom is 0.0238 e. The second kappa shape index (κ2) is 7.24. The van der Waals surface area contributed by atoms with Crippen molar-refractivity contribution >= 4 is 0 Å². The maximum atomic E-state index is 5.62. The molecule has 0 spiro atoms. The van der Waals surface area contributed by atoms with Gasteiger partial charge in [0, 0.05) is 6.04 Å². The Morgan fingerprint density at radius 2 is 1.93 bits per heavy atom. The lowest BCUT2D eigenvalue weighted by molar-refractivity contribution is 0.334. The molecule has 2 heteroatoms. The van der Waals surface area contributed by atoms with E-state index in [0.29, 0.717) is 6.04 Å². The van der Waals surface area contributed by atoms with Crippen LogP contribution >= 0.6 is 0 Å². The van der Waals surface area contributed by atoms with E-state index in [1.54, 1.807) is 0 Å². The molecule has 1 unspecified atom stereocenters. The zero-order chi connectivity index (χ0) is 10.2. The van der Waals surface area contributed by atoms with E-state index in [-0.39, 0.29) is 0 Å². The summed E-state index contributed by atoms with van der Waals surface area (Å²) < 4.78 is 0. The molecule has 1 aliphatic rings. The first-order valence-electron chi connectivity index (χ1n) is 6.34. The number of nitrogens with two attached hydrogens (primary N) is 1. The molecule has 14 heavy (non-hydrogen) atoms. The van der Waals surface area contributed by atoms with Crippen molar-refractivity contribution in [1.29, 1.82) is 0 Å². The van der Waals surface area contributed by atoms with Gasteiger partial charge in [-0.15, -0.1) is 0 Å². The summed E-state index contributed by atoms with van der Waals surface area (Å²) in [5, 5.41) is 0. The van der Waals surface area contributed by atoms with Gasteiger partial charge in [-0.1, -0.05) is 45.4 Å². The molecule has 3 N–H and O–H groups in total. The van der Waals surface area contributed by atoms with Crippen LogP contribution in [-0.4, -0.2) is 6.04 Å². The molecule has 84 valence electrons. The summed E-state index contributed by atoms with van der Waals surface area (Å²) in [4.78, 5) is 0. The molecule has 0 aromatic rings. The molecule has 0 bridgehead atoms. The SMILES string of the molecule is CCCCCCC(NN)C1CCCC1. The monoisotopic (exact) mass is 198 g/mol. The van der Waals surface area contributed by atoms with Crippen molar-refractivity contribution in [2.24, 2.45) is 11.8 Å². The van der Waals surface area contributed by atoms with Crippen LogP contribution < -0.4 is 11.3 Å². The predicted molar refractivity (Wildman–Crippen MR) is 61.8 cm³/mol. The van der Waals surface area contributed by atoms with Crippen LogP contribution in [0.1, 0.15) is 64.7 Å². The third-order valence-electron chi connectivity index (χ3n) is 3.55. The van der Waals surface area contributed by atoms with Gasteiger partial charge in [0.25, 0.3) is 0 Å². The normalized spacial score (nSPS) is 20.1. The fourth-order valence-corrected chi connectivity index (χ4v) is 2.61. The summed E-state index contributed by atoms with van der Waals surface area (Å²) in [6.45, 7) is 2.26. The lowest BCUT2D eigenvalue weighted by atomic mass is 9.94. The third-order valence-corrected chi connectivity index (χ3v) is 3.55. The highest BCUT2D eigenvalue weighted by Gasteiger charge is 2.23. The summed E-state index contributed by atoms with van der Waals surface area (Å²) in [7, 11) is 0. The molecule has 0 aliphatic heterocycles. The van der Waals surface area contributed by atoms with E-state index in [0.717, 1.165) is 5.92 Å². The zero-order valence-electron chi connectivity index (χ0n) is 9.60. The molecule has 2 nitrogen and oxygen atoms in total. The van der Waals surface area contributed by atoms with Crippen LogP contribution in [0.2, 0.25) is 0 Å². The Morgan fingerprint density at radius 3 is 2.50 bits per heavy atom. The Kier molecular flexibility index (Phi) is 6.20. The molecular weight excluding hydrogens is 172 g/mol. The van der Waals surface area contributed by atoms with Crippen LogP contribution in [0.15, 0.2) is 0 Å². The van der Waals surface area contributed by atoms with E-state index in [2.05, 4.69) is 12.3 Å². The molecule has 1 saturated carbocycles. The fourth-order valence-electron chi connectivity index (χ4n) is 2.61. The number of unbranched alkanes of at least 4 members (excludes halogenated alkanes) is 3. The second-order valence-corrected chi connectivity index (χ2v) is 4.67. The van der Waals surface area contributed by atoms with Crippen molar-refractivity contribution in [1.82, 2.24) is 5.43 Å². The number of hydrogen-bond donors (Lipinski definition) is 2. The molecule has 1 rings (SSSR count). The molecule has 1 atom stereocenters. The quantitative estimate of drug-likeness (QED) is 0.375. The molecule has 0 saturated heterocycles. The molecule has 1 aliphatic carbocycles. The topological polar surface area (TPSA) is 38.0 Å². The van der Waals surface area contributed by atoms with Crippen molar-refractivity contribution in [2.45, 2.75) is 70.8 Å². The highest BCUT2D eigenvalue weighted by Crippen LogP contribution is 2.29. The molecule has 1 fully saturated rings. The van der Waals surface area contributed by atoms with Crippen LogP contribution in [0.3, 0.4) is 0 Å². The largest absolute Gasteiger partial charge is 0.271 e. The van der Waals surface area contributed by atoms with Crippen molar-refractivity contribution in [3.05, 3.63) is 0 Å². The lowest BCUT2D eigenvalue weighted by Crippen LogP contribution is -2.39. The minimum absolute atomic E-state index is 0.592. The van der Waals surface area contributed by atoms with Crippen LogP contribution in [0.5, 0.6) is 0 Å². The van der Waals surface area contributed by atoms with E-state index in [9.17, 15) is 0 Å². The van der Waals surface area contributed by atoms with Crippen LogP contribution in [0.4, 0.5) is 0 Å². The van der Waals surface area contributed by atoms with E-state index < -0.39 is 0 Å². The van der Waals surface area contributed by atoms with Crippen molar-refractivity contribution in [3.8, 4) is 0 Å². The van der Waals surface area contributed by atoms with Crippen molar-refractivity contribution in [3.63, 3.8) is 0 Å². The average Bonchev–Trinajstić information content (AvgIpc) is 2.71. The van der Waals surface area contributed by atoms with Gasteiger partial charge in [-0.2, -0.15) is 0 Å². The molecule has 0 aromatic heterocycles. The first-order valence-corrected chi connectivity index (χ1v) is 6.34. The number of rotatable bonds is 7. The van der Waals surface area contributed by atoms with Gasteiger partial charge >= 0.3 is 0 Å². The van der Waals surface area contributed by atoms with Gasteiger partial charge in [0.2, 0.25) is 0 Å². The van der Waals surface area contributed by atoms with Gasteiger partial charge < -0.3 is 0 Å². The van der Waals surface area contributed by atoms with Crippen LogP contribution in [-0.2, 0) is 0 Å². The number of hydrogen-bond acceptors (Lipinski definition) is 2. The number of hydrazine groups is 1. The molecule has 0 heterocycles. The molecule has 0 aromatic carbocycles. The summed E-state index contributed by atoms with van der Waals surface area (Å²) in [6.07, 6.45) is 12.3. The van der Waals surface area contributed by atoms with Gasteiger partial charge in [-0.05, 0) is 25.2 Å². The smallest absolute Gasteiger partial charge is 0.0238 e. The summed E-state index contributed by atoms with van der Waals surface area (Å²) in [5.41, 5.74) is 3.02. The zero-order valence-corrected chi connectivity index (χ0v) is 9.60. The molecule has 0 amide bonds. The minimum atomic E-state index is 0.592. The van der Waals surface area contributed by atoms with Gasteiger partial charge in [0.1, 0.15) is 0 Å². The lowest BCUT2D eigenvalue weighted by Gasteiger charge is -2.22. The van der Waals surface area contributed by atoms with E-state index in [1.165, 1.54) is 57.8 Å². The van der Waals surface area contributed by atoms with Gasteiger partial charge in [0.15, 0.2) is 0 Å². The van der Waals surface area contributed by atoms with E-state index in [1.807, 2.05) is 0 Å². The molecule has 0 radical (unpaired) electrons. The standard InChI is InChI=1S/C12H26N2/c1-2-3-4-5-10-12(14-13)11-8-6-7-9-11/h11-12,14H,2-10,13H2,1H3. The number of nitrogens with one attached hydrogen (secondary N) is 1. The highest BCUT2D eigenvalue weighted by molar-refractivity contribution is 4.78. The summed E-state index contributed by atoms with van der Waals surface area (Å²) in [5.74, 6) is 6.48. The Morgan fingerprint density at radius 1 is 1.21 bits per heavy atom. The molecular formula is C12H26N2. The predicted octanol–water partition coefficient (Wildman–Crippen LogP) is 2.98. The minimum Gasteiger partial charge on any atom is -0.271 e. The van der Waals surface area contributed by atoms with Gasteiger partial charge in [-0.3, -0.25) is 11.3 Å². The van der Waals surface area contributed by atoms with Gasteiger partial charge in [0.05, 0.1) is 0 Å². The maximum absolute atomic E-state index is 5.62. The Hall–Kier alpha value is -0.0800. The fraction of sp³-hybridized carbons (Fsp3) is 1.00. The highest BCUT2D eigenvalue weighted by atomic mass is 15.2. The summed E-state index contributed by atoms with van der Waals surface area (Å²) in [6, 6.07) is 0.592. The van der Waals surface area contributed by atoms with Crippen molar-refractivity contribution in [2.75, 3.05) is 0 Å². The van der Waals surface area contributed by atoms with E-state index >= 15 is 0 Å². The van der Waals surface area contributed by atoms with Gasteiger partial charge in [-0.25, -0.2) is 0 Å². The second-order valence-electron chi connectivity index (χ2n) is 4.67. The van der Waals surface area contributed by atoms with Crippen LogP contribution in [0.25, 0.3) is 0 Å². The average molecular weight is 198 g/mol. The Balaban J connectivity index is 2.11. The first kappa shape index (κ1) is 12.0. The Bertz CT molecular complexity index is 130. The first-order chi connectivity index (χ1) is 6.88.